The normalized spacial score (nSPS) is 16.2. The second-order valence-electron chi connectivity index (χ2n) is 6.35. The van der Waals surface area contributed by atoms with Crippen molar-refractivity contribution >= 4 is 27.3 Å². The van der Waals surface area contributed by atoms with Crippen LogP contribution in [-0.2, 0) is 14.8 Å². The van der Waals surface area contributed by atoms with E-state index in [2.05, 4.69) is 6.58 Å². The summed E-state index contributed by atoms with van der Waals surface area (Å²) in [6.07, 6.45) is 1.38. The predicted molar refractivity (Wildman–Crippen MR) is 106 cm³/mol. The van der Waals surface area contributed by atoms with Gasteiger partial charge in [0, 0.05) is 6.92 Å². The summed E-state index contributed by atoms with van der Waals surface area (Å²) in [5.74, 6) is 0.338. The Morgan fingerprint density at radius 3 is 2.63 bits per heavy atom. The van der Waals surface area contributed by atoms with E-state index in [1.807, 2.05) is 13.0 Å². The molecule has 3 rings (SSSR count). The summed E-state index contributed by atoms with van der Waals surface area (Å²) in [4.78, 5) is 13.7. The SMILES string of the molecule is C=CCN(c1ccccc1)S(=O)(=O)c1ccc2c(c1)N(C(C)=O)CC(C)O2. The molecule has 1 aliphatic rings. The number of sulfonamides is 1. The molecule has 0 spiro atoms. The molecule has 0 bridgehead atoms. The van der Waals surface area contributed by atoms with Crippen molar-refractivity contribution in [2.45, 2.75) is 24.8 Å². The minimum atomic E-state index is -3.84. The van der Waals surface area contributed by atoms with Crippen LogP contribution in [0, 0.1) is 0 Å². The Bertz CT molecular complexity index is 957. The van der Waals surface area contributed by atoms with E-state index in [0.717, 1.165) is 0 Å². The highest BCUT2D eigenvalue weighted by Crippen LogP contribution is 2.36. The van der Waals surface area contributed by atoms with Gasteiger partial charge in [-0.1, -0.05) is 24.3 Å². The minimum Gasteiger partial charge on any atom is -0.487 e. The highest BCUT2D eigenvalue weighted by Gasteiger charge is 2.30. The van der Waals surface area contributed by atoms with Gasteiger partial charge in [0.05, 0.1) is 29.4 Å². The number of hydrogen-bond donors (Lipinski definition) is 0. The van der Waals surface area contributed by atoms with E-state index in [9.17, 15) is 13.2 Å². The van der Waals surface area contributed by atoms with Gasteiger partial charge in [0.15, 0.2) is 0 Å². The first-order valence-corrected chi connectivity index (χ1v) is 10.1. The maximum atomic E-state index is 13.3. The third kappa shape index (κ3) is 3.68. The van der Waals surface area contributed by atoms with Gasteiger partial charge in [-0.2, -0.15) is 0 Å². The molecular weight excluding hydrogens is 364 g/mol. The highest BCUT2D eigenvalue weighted by molar-refractivity contribution is 7.92. The lowest BCUT2D eigenvalue weighted by Gasteiger charge is -2.33. The molecule has 0 radical (unpaired) electrons. The fourth-order valence-electron chi connectivity index (χ4n) is 3.06. The van der Waals surface area contributed by atoms with Gasteiger partial charge in [-0.3, -0.25) is 9.10 Å². The Labute approximate surface area is 159 Å². The second-order valence-corrected chi connectivity index (χ2v) is 8.21. The van der Waals surface area contributed by atoms with Crippen molar-refractivity contribution in [2.24, 2.45) is 0 Å². The van der Waals surface area contributed by atoms with Crippen LogP contribution in [0.4, 0.5) is 11.4 Å². The molecule has 1 aliphatic heterocycles. The molecule has 2 aromatic carbocycles. The largest absolute Gasteiger partial charge is 0.487 e. The summed E-state index contributed by atoms with van der Waals surface area (Å²) in [5, 5.41) is 0. The number of ether oxygens (including phenoxy) is 1. The molecule has 2 aromatic rings. The second kappa shape index (κ2) is 7.44. The van der Waals surface area contributed by atoms with Gasteiger partial charge in [-0.15, -0.1) is 6.58 Å². The van der Waals surface area contributed by atoms with Crippen molar-refractivity contribution in [3.05, 3.63) is 61.2 Å². The van der Waals surface area contributed by atoms with Crippen LogP contribution in [-0.4, -0.2) is 33.5 Å². The lowest BCUT2D eigenvalue weighted by molar-refractivity contribution is -0.117. The summed E-state index contributed by atoms with van der Waals surface area (Å²) in [5.41, 5.74) is 1.01. The van der Waals surface area contributed by atoms with Gasteiger partial charge in [0.25, 0.3) is 10.0 Å². The van der Waals surface area contributed by atoms with Crippen molar-refractivity contribution < 1.29 is 17.9 Å². The van der Waals surface area contributed by atoms with Gasteiger partial charge < -0.3 is 9.64 Å². The molecule has 0 saturated heterocycles. The number of rotatable bonds is 5. The van der Waals surface area contributed by atoms with Crippen LogP contribution < -0.4 is 13.9 Å². The van der Waals surface area contributed by atoms with Crippen molar-refractivity contribution in [2.75, 3.05) is 22.3 Å². The molecule has 0 saturated carbocycles. The molecule has 0 aromatic heterocycles. The first-order valence-electron chi connectivity index (χ1n) is 8.62. The maximum Gasteiger partial charge on any atom is 0.264 e. The Hall–Kier alpha value is -2.80. The van der Waals surface area contributed by atoms with Crippen LogP contribution in [0.1, 0.15) is 13.8 Å². The van der Waals surface area contributed by atoms with Crippen molar-refractivity contribution in [1.29, 1.82) is 0 Å². The minimum absolute atomic E-state index is 0.0938. The lowest BCUT2D eigenvalue weighted by Crippen LogP contribution is -2.41. The van der Waals surface area contributed by atoms with Crippen molar-refractivity contribution in [3.63, 3.8) is 0 Å². The lowest BCUT2D eigenvalue weighted by atomic mass is 10.2. The van der Waals surface area contributed by atoms with E-state index in [1.165, 1.54) is 29.4 Å². The molecule has 1 atom stereocenters. The molecule has 142 valence electrons. The van der Waals surface area contributed by atoms with E-state index >= 15 is 0 Å². The summed E-state index contributed by atoms with van der Waals surface area (Å²) in [7, 11) is -3.84. The molecular formula is C20H22N2O4S. The standard InChI is InChI=1S/C20H22N2O4S/c1-4-12-22(17-8-6-5-7-9-17)27(24,25)18-10-11-20-19(13-18)21(16(3)23)14-15(2)26-20/h4-11,13,15H,1,12,14H2,2-3H3. The van der Waals surface area contributed by atoms with E-state index < -0.39 is 10.0 Å². The Morgan fingerprint density at radius 2 is 2.00 bits per heavy atom. The fraction of sp³-hybridized carbons (Fsp3) is 0.250. The molecule has 7 heteroatoms. The van der Waals surface area contributed by atoms with E-state index in [1.54, 1.807) is 35.2 Å². The van der Waals surface area contributed by atoms with Crippen LogP contribution >= 0.6 is 0 Å². The quantitative estimate of drug-likeness (QED) is 0.740. The van der Waals surface area contributed by atoms with E-state index in [0.29, 0.717) is 23.7 Å². The Kier molecular flexibility index (Phi) is 5.23. The zero-order valence-corrected chi connectivity index (χ0v) is 16.1. The van der Waals surface area contributed by atoms with Gasteiger partial charge in [-0.05, 0) is 37.3 Å². The molecule has 1 heterocycles. The van der Waals surface area contributed by atoms with Crippen molar-refractivity contribution in [3.8, 4) is 5.75 Å². The molecule has 1 unspecified atom stereocenters. The first kappa shape index (κ1) is 19.0. The molecule has 1 amide bonds. The number of carbonyl (C=O) groups excluding carboxylic acids is 1. The number of para-hydroxylation sites is 1. The smallest absolute Gasteiger partial charge is 0.264 e. The zero-order chi connectivity index (χ0) is 19.6. The first-order chi connectivity index (χ1) is 12.8. The molecule has 0 aliphatic carbocycles. The predicted octanol–water partition coefficient (Wildman–Crippen LogP) is 3.20. The number of anilines is 2. The van der Waals surface area contributed by atoms with Crippen LogP contribution in [0.2, 0.25) is 0 Å². The van der Waals surface area contributed by atoms with Crippen LogP contribution in [0.15, 0.2) is 66.1 Å². The highest BCUT2D eigenvalue weighted by atomic mass is 32.2. The molecule has 6 nitrogen and oxygen atoms in total. The Morgan fingerprint density at radius 1 is 1.30 bits per heavy atom. The summed E-state index contributed by atoms with van der Waals surface area (Å²) >= 11 is 0. The number of fused-ring (bicyclic) bond motifs is 1. The third-order valence-electron chi connectivity index (χ3n) is 4.30. The summed E-state index contributed by atoms with van der Waals surface area (Å²) in [6.45, 7) is 7.50. The average molecular weight is 386 g/mol. The molecule has 27 heavy (non-hydrogen) atoms. The number of hydrogen-bond acceptors (Lipinski definition) is 4. The average Bonchev–Trinajstić information content (AvgIpc) is 2.65. The summed E-state index contributed by atoms with van der Waals surface area (Å²) in [6, 6.07) is 13.4. The van der Waals surface area contributed by atoms with Crippen molar-refractivity contribution in [1.82, 2.24) is 0 Å². The monoisotopic (exact) mass is 386 g/mol. The topological polar surface area (TPSA) is 66.9 Å². The fourth-order valence-corrected chi connectivity index (χ4v) is 4.51. The molecule has 0 fully saturated rings. The van der Waals surface area contributed by atoms with Crippen LogP contribution in [0.25, 0.3) is 0 Å². The van der Waals surface area contributed by atoms with E-state index in [-0.39, 0.29) is 23.5 Å². The maximum absolute atomic E-state index is 13.3. The van der Waals surface area contributed by atoms with E-state index in [4.69, 9.17) is 4.74 Å². The number of amides is 1. The van der Waals surface area contributed by atoms with Crippen LogP contribution in [0.5, 0.6) is 5.75 Å². The summed E-state index contributed by atoms with van der Waals surface area (Å²) < 4.78 is 33.6. The third-order valence-corrected chi connectivity index (χ3v) is 6.09. The Balaban J connectivity index is 2.08. The number of benzene rings is 2. The number of carbonyl (C=O) groups is 1. The van der Waals surface area contributed by atoms with Crippen LogP contribution in [0.3, 0.4) is 0 Å². The van der Waals surface area contributed by atoms with Gasteiger partial charge in [0.1, 0.15) is 11.9 Å². The molecule has 0 N–H and O–H groups in total. The van der Waals surface area contributed by atoms with Gasteiger partial charge in [-0.25, -0.2) is 8.42 Å². The number of nitrogens with zero attached hydrogens (tertiary/aromatic N) is 2. The zero-order valence-electron chi connectivity index (χ0n) is 15.3. The van der Waals surface area contributed by atoms with Gasteiger partial charge in [0.2, 0.25) is 5.91 Å². The van der Waals surface area contributed by atoms with Gasteiger partial charge >= 0.3 is 0 Å².